The van der Waals surface area contributed by atoms with E-state index in [0.717, 1.165) is 41.5 Å². The quantitative estimate of drug-likeness (QED) is 0.455. The number of hydrogen-bond donors (Lipinski definition) is 2. The zero-order valence-electron chi connectivity index (χ0n) is 15.4. The van der Waals surface area contributed by atoms with Crippen molar-refractivity contribution in [3.05, 3.63) is 61.0 Å². The molecule has 4 rings (SSSR count). The van der Waals surface area contributed by atoms with E-state index in [1.807, 2.05) is 0 Å². The van der Waals surface area contributed by atoms with Crippen LogP contribution in [0, 0.1) is 10.1 Å². The molecule has 0 saturated carbocycles. The third-order valence-electron chi connectivity index (χ3n) is 4.69. The first-order chi connectivity index (χ1) is 14.0. The summed E-state index contributed by atoms with van der Waals surface area (Å²) in [5, 5.41) is 14.2. The molecule has 150 valence electrons. The molecule has 2 heterocycles. The average Bonchev–Trinajstić information content (AvgIpc) is 3.07. The molecular formula is C19H18N4O4S2. The third kappa shape index (κ3) is 4.33. The standard InChI is InChI=1S/C19H18N4O4S2/c24-16(20-11-4-3-5-12(8-11)23(26)27)10-28-9-15-21-18(25)17-13-6-1-2-7-14(13)29-19(17)22-15/h3-5,8H,1-2,6-7,9-10H2,(H,20,24)(H,21,22,25). The zero-order valence-corrected chi connectivity index (χ0v) is 17.0. The van der Waals surface area contributed by atoms with E-state index in [9.17, 15) is 19.7 Å². The molecule has 29 heavy (non-hydrogen) atoms. The number of fused-ring (bicyclic) bond motifs is 3. The van der Waals surface area contributed by atoms with Crippen molar-refractivity contribution in [3.63, 3.8) is 0 Å². The van der Waals surface area contributed by atoms with Gasteiger partial charge in [0.1, 0.15) is 10.7 Å². The highest BCUT2D eigenvalue weighted by molar-refractivity contribution is 7.99. The van der Waals surface area contributed by atoms with Crippen LogP contribution in [-0.2, 0) is 23.4 Å². The number of nitro benzene ring substituents is 1. The summed E-state index contributed by atoms with van der Waals surface area (Å²) in [7, 11) is 0. The largest absolute Gasteiger partial charge is 0.325 e. The second-order valence-corrected chi connectivity index (χ2v) is 8.82. The molecule has 0 spiro atoms. The van der Waals surface area contributed by atoms with Crippen molar-refractivity contribution in [2.75, 3.05) is 11.1 Å². The minimum absolute atomic E-state index is 0.0795. The Labute approximate surface area is 173 Å². The van der Waals surface area contributed by atoms with Gasteiger partial charge < -0.3 is 10.3 Å². The van der Waals surface area contributed by atoms with Crippen LogP contribution in [0.15, 0.2) is 29.1 Å². The fourth-order valence-electron chi connectivity index (χ4n) is 3.41. The number of carbonyl (C=O) groups excluding carboxylic acids is 1. The number of H-pyrrole nitrogens is 1. The maximum absolute atomic E-state index is 12.5. The van der Waals surface area contributed by atoms with Gasteiger partial charge in [0.15, 0.2) is 0 Å². The predicted octanol–water partition coefficient (Wildman–Crippen LogP) is 3.64. The van der Waals surface area contributed by atoms with Crippen LogP contribution in [0.3, 0.4) is 0 Å². The molecule has 1 amide bonds. The van der Waals surface area contributed by atoms with E-state index in [2.05, 4.69) is 15.3 Å². The number of aromatic amines is 1. The summed E-state index contributed by atoms with van der Waals surface area (Å²) in [5.41, 5.74) is 1.35. The number of nitro groups is 1. The molecule has 0 bridgehead atoms. The summed E-state index contributed by atoms with van der Waals surface area (Å²) in [5.74, 6) is 0.821. The van der Waals surface area contributed by atoms with Gasteiger partial charge in [-0.2, -0.15) is 0 Å². The summed E-state index contributed by atoms with van der Waals surface area (Å²) in [6, 6.07) is 5.80. The van der Waals surface area contributed by atoms with Gasteiger partial charge >= 0.3 is 0 Å². The van der Waals surface area contributed by atoms with Gasteiger partial charge in [-0.1, -0.05) is 6.07 Å². The number of nitrogens with one attached hydrogen (secondary N) is 2. The molecule has 1 aliphatic carbocycles. The van der Waals surface area contributed by atoms with E-state index in [4.69, 9.17) is 0 Å². The van der Waals surface area contributed by atoms with E-state index in [1.54, 1.807) is 17.4 Å². The highest BCUT2D eigenvalue weighted by atomic mass is 32.2. The Balaban J connectivity index is 1.38. The number of benzene rings is 1. The van der Waals surface area contributed by atoms with Crippen LogP contribution in [0.25, 0.3) is 10.2 Å². The van der Waals surface area contributed by atoms with Crippen LogP contribution in [0.5, 0.6) is 0 Å². The number of thioether (sulfide) groups is 1. The van der Waals surface area contributed by atoms with Gasteiger partial charge in [0.25, 0.3) is 11.2 Å². The van der Waals surface area contributed by atoms with Crippen LogP contribution < -0.4 is 10.9 Å². The van der Waals surface area contributed by atoms with E-state index in [0.29, 0.717) is 17.3 Å². The lowest BCUT2D eigenvalue weighted by atomic mass is 9.97. The molecule has 1 aliphatic rings. The molecule has 0 saturated heterocycles. The van der Waals surface area contributed by atoms with Crippen molar-refractivity contribution in [2.45, 2.75) is 31.4 Å². The molecule has 1 aromatic carbocycles. The maximum Gasteiger partial charge on any atom is 0.271 e. The van der Waals surface area contributed by atoms with Gasteiger partial charge in [0.2, 0.25) is 5.91 Å². The van der Waals surface area contributed by atoms with Crippen molar-refractivity contribution < 1.29 is 9.72 Å². The number of thiophene rings is 1. The number of carbonyl (C=O) groups is 1. The van der Waals surface area contributed by atoms with E-state index >= 15 is 0 Å². The average molecular weight is 431 g/mol. The first kappa shape index (κ1) is 19.6. The van der Waals surface area contributed by atoms with Crippen LogP contribution in [0.1, 0.15) is 29.1 Å². The summed E-state index contributed by atoms with van der Waals surface area (Å²) in [6.45, 7) is 0. The molecule has 10 heteroatoms. The van der Waals surface area contributed by atoms with Gasteiger partial charge in [-0.25, -0.2) is 4.98 Å². The molecule has 0 atom stereocenters. The number of rotatable bonds is 6. The Kier molecular flexibility index (Phi) is 5.63. The second kappa shape index (κ2) is 8.34. The van der Waals surface area contributed by atoms with Gasteiger partial charge in [-0.3, -0.25) is 19.7 Å². The monoisotopic (exact) mass is 430 g/mol. The normalized spacial score (nSPS) is 13.2. The number of amides is 1. The second-order valence-electron chi connectivity index (χ2n) is 6.75. The minimum Gasteiger partial charge on any atom is -0.325 e. The summed E-state index contributed by atoms with van der Waals surface area (Å²) in [6.07, 6.45) is 4.21. The lowest BCUT2D eigenvalue weighted by Crippen LogP contribution is -2.15. The van der Waals surface area contributed by atoms with Crippen molar-refractivity contribution in [1.82, 2.24) is 9.97 Å². The van der Waals surface area contributed by atoms with Crippen molar-refractivity contribution in [3.8, 4) is 0 Å². The first-order valence-corrected chi connectivity index (χ1v) is 11.1. The Bertz CT molecular complexity index is 1150. The number of aryl methyl sites for hydroxylation is 2. The SMILES string of the molecule is O=C(CSCc1nc2sc3c(c2c(=O)[nH]1)CCCC3)Nc1cccc([N+](=O)[O-])c1. The lowest BCUT2D eigenvalue weighted by Gasteiger charge is -2.09. The fraction of sp³-hybridized carbons (Fsp3) is 0.316. The summed E-state index contributed by atoms with van der Waals surface area (Å²) in [4.78, 5) is 44.4. The van der Waals surface area contributed by atoms with E-state index in [-0.39, 0.29) is 22.9 Å². The molecule has 0 unspecified atom stereocenters. The van der Waals surface area contributed by atoms with Gasteiger partial charge in [-0.05, 0) is 37.3 Å². The molecule has 0 fully saturated rings. The van der Waals surface area contributed by atoms with Crippen LogP contribution in [-0.4, -0.2) is 26.6 Å². The fourth-order valence-corrected chi connectivity index (χ4v) is 5.38. The zero-order chi connectivity index (χ0) is 20.4. The lowest BCUT2D eigenvalue weighted by molar-refractivity contribution is -0.384. The van der Waals surface area contributed by atoms with Crippen molar-refractivity contribution in [2.24, 2.45) is 0 Å². The molecular weight excluding hydrogens is 412 g/mol. The van der Waals surface area contributed by atoms with Crippen LogP contribution in [0.4, 0.5) is 11.4 Å². The highest BCUT2D eigenvalue weighted by Gasteiger charge is 2.19. The Hall–Kier alpha value is -2.72. The minimum atomic E-state index is -0.509. The first-order valence-electron chi connectivity index (χ1n) is 9.17. The topological polar surface area (TPSA) is 118 Å². The van der Waals surface area contributed by atoms with Crippen molar-refractivity contribution in [1.29, 1.82) is 0 Å². The number of hydrogen-bond acceptors (Lipinski definition) is 7. The molecule has 3 aromatic rings. The Morgan fingerprint density at radius 2 is 2.17 bits per heavy atom. The predicted molar refractivity (Wildman–Crippen MR) is 115 cm³/mol. The highest BCUT2D eigenvalue weighted by Crippen LogP contribution is 2.33. The maximum atomic E-state index is 12.5. The van der Waals surface area contributed by atoms with Gasteiger partial charge in [-0.15, -0.1) is 23.1 Å². The summed E-state index contributed by atoms with van der Waals surface area (Å²) < 4.78 is 0. The number of non-ortho nitro benzene ring substituents is 1. The smallest absolute Gasteiger partial charge is 0.271 e. The van der Waals surface area contributed by atoms with Crippen molar-refractivity contribution >= 4 is 50.6 Å². The van der Waals surface area contributed by atoms with E-state index in [1.165, 1.54) is 34.8 Å². The van der Waals surface area contributed by atoms with E-state index < -0.39 is 4.92 Å². The summed E-state index contributed by atoms with van der Waals surface area (Å²) >= 11 is 2.92. The molecule has 2 aromatic heterocycles. The molecule has 2 N–H and O–H groups in total. The van der Waals surface area contributed by atoms with Crippen LogP contribution in [0.2, 0.25) is 0 Å². The third-order valence-corrected chi connectivity index (χ3v) is 6.82. The molecule has 0 radical (unpaired) electrons. The Morgan fingerprint density at radius 3 is 3.00 bits per heavy atom. The Morgan fingerprint density at radius 1 is 1.34 bits per heavy atom. The molecule has 8 nitrogen and oxygen atoms in total. The van der Waals surface area contributed by atoms with Gasteiger partial charge in [0, 0.05) is 22.7 Å². The number of aromatic nitrogens is 2. The van der Waals surface area contributed by atoms with Gasteiger partial charge in [0.05, 0.1) is 21.8 Å². The number of nitrogens with zero attached hydrogens (tertiary/aromatic N) is 2. The van der Waals surface area contributed by atoms with Crippen LogP contribution >= 0.6 is 23.1 Å². The number of anilines is 1. The molecule has 0 aliphatic heterocycles.